The molecule has 0 aliphatic carbocycles. The minimum absolute atomic E-state index is 0.530. The van der Waals surface area contributed by atoms with Gasteiger partial charge >= 0.3 is 0 Å². The second kappa shape index (κ2) is 9.11. The molecule has 4 aromatic rings. The Hall–Kier alpha value is -2.85. The van der Waals surface area contributed by atoms with Crippen LogP contribution in [0.5, 0.6) is 5.75 Å². The first-order valence-corrected chi connectivity index (χ1v) is 12.0. The Kier molecular flexibility index (Phi) is 5.90. The SMILES string of the molecule is COc1ccccc1-n1c(SCc2noc(-c3cccs3)n2)nnc1N1CCCCC1. The Morgan fingerprint density at radius 2 is 1.97 bits per heavy atom. The van der Waals surface area contributed by atoms with E-state index in [9.17, 15) is 0 Å². The van der Waals surface area contributed by atoms with E-state index in [2.05, 4.69) is 29.8 Å². The van der Waals surface area contributed by atoms with Gasteiger partial charge in [0.2, 0.25) is 5.95 Å². The molecule has 10 heteroatoms. The lowest BCUT2D eigenvalue weighted by molar-refractivity contribution is 0.412. The first-order valence-electron chi connectivity index (χ1n) is 10.2. The molecule has 31 heavy (non-hydrogen) atoms. The van der Waals surface area contributed by atoms with Crippen LogP contribution in [0.3, 0.4) is 0 Å². The van der Waals surface area contributed by atoms with Gasteiger partial charge in [-0.15, -0.1) is 21.5 Å². The van der Waals surface area contributed by atoms with Crippen molar-refractivity contribution in [3.63, 3.8) is 0 Å². The van der Waals surface area contributed by atoms with E-state index < -0.39 is 0 Å². The molecule has 1 aliphatic heterocycles. The van der Waals surface area contributed by atoms with E-state index in [4.69, 9.17) is 9.26 Å². The van der Waals surface area contributed by atoms with Gasteiger partial charge in [0.15, 0.2) is 11.0 Å². The normalized spacial score (nSPS) is 14.2. The van der Waals surface area contributed by atoms with Crippen LogP contribution in [0.25, 0.3) is 16.5 Å². The maximum absolute atomic E-state index is 5.63. The fraction of sp³-hybridized carbons (Fsp3) is 0.333. The van der Waals surface area contributed by atoms with Crippen molar-refractivity contribution < 1.29 is 9.26 Å². The average molecular weight is 455 g/mol. The molecule has 1 saturated heterocycles. The quantitative estimate of drug-likeness (QED) is 0.373. The standard InChI is InChI=1S/C21H22N6O2S2/c1-28-16-9-4-3-8-15(16)27-20(26-11-5-2-6-12-26)23-24-21(27)31-14-18-22-19(29-25-18)17-10-7-13-30-17/h3-4,7-10,13H,2,5-6,11-12,14H2,1H3. The van der Waals surface area contributed by atoms with E-state index >= 15 is 0 Å². The topological polar surface area (TPSA) is 82.1 Å². The third-order valence-corrected chi connectivity index (χ3v) is 6.89. The molecule has 0 unspecified atom stereocenters. The van der Waals surface area contributed by atoms with E-state index in [1.165, 1.54) is 18.2 Å². The summed E-state index contributed by atoms with van der Waals surface area (Å²) in [6, 6.07) is 11.9. The second-order valence-electron chi connectivity index (χ2n) is 7.12. The van der Waals surface area contributed by atoms with Crippen LogP contribution in [0, 0.1) is 0 Å². The summed E-state index contributed by atoms with van der Waals surface area (Å²) in [5.74, 6) is 3.33. The summed E-state index contributed by atoms with van der Waals surface area (Å²) in [6.45, 7) is 1.96. The summed E-state index contributed by atoms with van der Waals surface area (Å²) in [4.78, 5) is 7.79. The predicted molar refractivity (Wildman–Crippen MR) is 121 cm³/mol. The number of para-hydroxylation sites is 2. The number of thiophene rings is 1. The number of nitrogens with zero attached hydrogens (tertiary/aromatic N) is 6. The number of ether oxygens (including phenoxy) is 1. The van der Waals surface area contributed by atoms with Gasteiger partial charge in [-0.3, -0.25) is 4.57 Å². The Bertz CT molecular complexity index is 1130. The number of benzene rings is 1. The highest BCUT2D eigenvalue weighted by Crippen LogP contribution is 2.34. The van der Waals surface area contributed by atoms with Gasteiger partial charge in [0.05, 0.1) is 23.4 Å². The third-order valence-electron chi connectivity index (χ3n) is 5.11. The summed E-state index contributed by atoms with van der Waals surface area (Å²) in [7, 11) is 1.68. The summed E-state index contributed by atoms with van der Waals surface area (Å²) < 4.78 is 13.1. The molecule has 160 valence electrons. The number of hydrogen-bond acceptors (Lipinski definition) is 9. The molecule has 3 aromatic heterocycles. The highest BCUT2D eigenvalue weighted by molar-refractivity contribution is 7.98. The minimum Gasteiger partial charge on any atom is -0.495 e. The maximum Gasteiger partial charge on any atom is 0.268 e. The Labute approximate surface area is 188 Å². The number of piperidine rings is 1. The second-order valence-corrected chi connectivity index (χ2v) is 9.01. The molecule has 0 saturated carbocycles. The minimum atomic E-state index is 0.530. The molecule has 0 amide bonds. The molecule has 5 rings (SSSR count). The van der Waals surface area contributed by atoms with E-state index in [1.807, 2.05) is 41.8 Å². The van der Waals surface area contributed by atoms with Gasteiger partial charge in [0.25, 0.3) is 5.89 Å². The van der Waals surface area contributed by atoms with Crippen molar-refractivity contribution in [2.45, 2.75) is 30.2 Å². The molecular formula is C21H22N6O2S2. The third kappa shape index (κ3) is 4.17. The largest absolute Gasteiger partial charge is 0.495 e. The Morgan fingerprint density at radius 3 is 2.77 bits per heavy atom. The number of methoxy groups -OCH3 is 1. The average Bonchev–Trinajstić information content (AvgIpc) is 3.58. The number of aromatic nitrogens is 5. The highest BCUT2D eigenvalue weighted by Gasteiger charge is 2.23. The van der Waals surface area contributed by atoms with Gasteiger partial charge in [-0.05, 0) is 42.8 Å². The van der Waals surface area contributed by atoms with Crippen molar-refractivity contribution in [1.29, 1.82) is 0 Å². The molecule has 4 heterocycles. The molecule has 1 aliphatic rings. The van der Waals surface area contributed by atoms with Crippen molar-refractivity contribution in [3.8, 4) is 22.2 Å². The van der Waals surface area contributed by atoms with Crippen molar-refractivity contribution in [1.82, 2.24) is 24.9 Å². The van der Waals surface area contributed by atoms with Gasteiger partial charge in [-0.2, -0.15) is 4.98 Å². The van der Waals surface area contributed by atoms with E-state index in [1.54, 1.807) is 18.4 Å². The van der Waals surface area contributed by atoms with E-state index in [-0.39, 0.29) is 0 Å². The first kappa shape index (κ1) is 20.1. The molecule has 0 bridgehead atoms. The summed E-state index contributed by atoms with van der Waals surface area (Å²) >= 11 is 3.11. The fourth-order valence-electron chi connectivity index (χ4n) is 3.62. The molecule has 1 fully saturated rings. The zero-order valence-corrected chi connectivity index (χ0v) is 18.7. The highest BCUT2D eigenvalue weighted by atomic mass is 32.2. The van der Waals surface area contributed by atoms with Crippen molar-refractivity contribution in [2.75, 3.05) is 25.1 Å². The number of thioether (sulfide) groups is 1. The molecular weight excluding hydrogens is 432 g/mol. The van der Waals surface area contributed by atoms with Crippen LogP contribution in [-0.4, -0.2) is 45.1 Å². The lowest BCUT2D eigenvalue weighted by atomic mass is 10.1. The number of hydrogen-bond donors (Lipinski definition) is 0. The maximum atomic E-state index is 5.63. The zero-order valence-electron chi connectivity index (χ0n) is 17.1. The van der Waals surface area contributed by atoms with Crippen LogP contribution in [0.4, 0.5) is 5.95 Å². The molecule has 0 N–H and O–H groups in total. The lowest BCUT2D eigenvalue weighted by Gasteiger charge is -2.28. The molecule has 1 aromatic carbocycles. The van der Waals surface area contributed by atoms with Crippen LogP contribution in [0.1, 0.15) is 25.1 Å². The van der Waals surface area contributed by atoms with Crippen LogP contribution in [-0.2, 0) is 5.75 Å². The monoisotopic (exact) mass is 454 g/mol. The van der Waals surface area contributed by atoms with Gasteiger partial charge in [-0.1, -0.05) is 35.1 Å². The summed E-state index contributed by atoms with van der Waals surface area (Å²) in [5, 5.41) is 15.9. The summed E-state index contributed by atoms with van der Waals surface area (Å²) in [5.41, 5.74) is 0.922. The van der Waals surface area contributed by atoms with Gasteiger partial charge < -0.3 is 14.2 Å². The van der Waals surface area contributed by atoms with Gasteiger partial charge in [0.1, 0.15) is 5.75 Å². The summed E-state index contributed by atoms with van der Waals surface area (Å²) in [6.07, 6.45) is 3.58. The smallest absolute Gasteiger partial charge is 0.268 e. The van der Waals surface area contributed by atoms with Crippen LogP contribution >= 0.6 is 23.1 Å². The molecule has 0 radical (unpaired) electrons. The molecule has 0 atom stereocenters. The van der Waals surface area contributed by atoms with Gasteiger partial charge in [-0.25, -0.2) is 0 Å². The fourth-order valence-corrected chi connectivity index (χ4v) is 5.05. The van der Waals surface area contributed by atoms with Gasteiger partial charge in [0, 0.05) is 13.1 Å². The first-order chi connectivity index (χ1) is 15.3. The Balaban J connectivity index is 1.45. The van der Waals surface area contributed by atoms with Crippen LogP contribution < -0.4 is 9.64 Å². The number of anilines is 1. The Morgan fingerprint density at radius 1 is 1.10 bits per heavy atom. The van der Waals surface area contributed by atoms with Crippen molar-refractivity contribution in [2.24, 2.45) is 0 Å². The van der Waals surface area contributed by atoms with Crippen LogP contribution in [0.15, 0.2) is 51.5 Å². The van der Waals surface area contributed by atoms with Crippen molar-refractivity contribution in [3.05, 3.63) is 47.6 Å². The van der Waals surface area contributed by atoms with E-state index in [0.29, 0.717) is 17.5 Å². The predicted octanol–water partition coefficient (Wildman–Crippen LogP) is 4.67. The number of rotatable bonds is 7. The molecule has 0 spiro atoms. The van der Waals surface area contributed by atoms with Crippen LogP contribution in [0.2, 0.25) is 0 Å². The molecule has 8 nitrogen and oxygen atoms in total. The lowest BCUT2D eigenvalue weighted by Crippen LogP contribution is -2.31. The van der Waals surface area contributed by atoms with E-state index in [0.717, 1.165) is 53.3 Å². The van der Waals surface area contributed by atoms with Crippen molar-refractivity contribution >= 4 is 29.0 Å². The zero-order chi connectivity index (χ0) is 21.0.